The second kappa shape index (κ2) is 6.77. The zero-order valence-electron chi connectivity index (χ0n) is 11.8. The molecular formula is C14H18ClF2N3S. The van der Waals surface area contributed by atoms with Crippen LogP contribution in [0, 0.1) is 11.6 Å². The maximum atomic E-state index is 13.4. The number of hydrogen-bond acceptors (Lipinski definition) is 2. The van der Waals surface area contributed by atoms with Gasteiger partial charge in [0.25, 0.3) is 0 Å². The fourth-order valence-corrected chi connectivity index (χ4v) is 2.74. The van der Waals surface area contributed by atoms with E-state index in [1.807, 2.05) is 14.0 Å². The Morgan fingerprint density at radius 3 is 2.48 bits per heavy atom. The van der Waals surface area contributed by atoms with Gasteiger partial charge in [0.05, 0.1) is 11.4 Å². The minimum absolute atomic E-state index is 0. The third-order valence-corrected chi connectivity index (χ3v) is 3.55. The van der Waals surface area contributed by atoms with E-state index in [0.29, 0.717) is 5.56 Å². The van der Waals surface area contributed by atoms with Crippen LogP contribution in [0.25, 0.3) is 11.3 Å². The molecule has 3 rings (SSSR count). The van der Waals surface area contributed by atoms with Crippen molar-refractivity contribution in [2.45, 2.75) is 19.4 Å². The number of nitrogens with one attached hydrogen (secondary N) is 1. The van der Waals surface area contributed by atoms with Gasteiger partial charge in [0, 0.05) is 30.3 Å². The van der Waals surface area contributed by atoms with Gasteiger partial charge in [0.2, 0.25) is 0 Å². The highest BCUT2D eigenvalue weighted by molar-refractivity contribution is 7.59. The van der Waals surface area contributed by atoms with Crippen LogP contribution in [-0.2, 0) is 13.5 Å². The largest absolute Gasteiger partial charge is 0.308 e. The van der Waals surface area contributed by atoms with Crippen LogP contribution in [0.2, 0.25) is 0 Å². The van der Waals surface area contributed by atoms with E-state index in [1.165, 1.54) is 12.1 Å². The molecule has 1 atom stereocenters. The molecule has 2 aromatic rings. The summed E-state index contributed by atoms with van der Waals surface area (Å²) in [7, 11) is 1.81. The average molecular weight is 334 g/mol. The SMILES string of the molecule is C[C@@H]1NCCc2c1nn(C)c2-c1cc(F)cc(F)c1.Cl.S. The van der Waals surface area contributed by atoms with Crippen molar-refractivity contribution in [3.63, 3.8) is 0 Å². The fraction of sp³-hybridized carbons (Fsp3) is 0.357. The molecule has 7 heteroatoms. The van der Waals surface area contributed by atoms with Gasteiger partial charge < -0.3 is 5.32 Å². The fourth-order valence-electron chi connectivity index (χ4n) is 2.74. The molecular weight excluding hydrogens is 316 g/mol. The van der Waals surface area contributed by atoms with E-state index in [-0.39, 0.29) is 31.9 Å². The number of rotatable bonds is 1. The van der Waals surface area contributed by atoms with Gasteiger partial charge in [-0.05, 0) is 32.0 Å². The van der Waals surface area contributed by atoms with E-state index in [1.54, 1.807) is 4.68 Å². The summed E-state index contributed by atoms with van der Waals surface area (Å²) >= 11 is 0. The van der Waals surface area contributed by atoms with Crippen LogP contribution >= 0.6 is 25.9 Å². The molecule has 0 bridgehead atoms. The standard InChI is InChI=1S/C14H15F2N3.ClH.H2S/c1-8-13-12(3-4-17-8)14(19(2)18-13)9-5-10(15)7-11(16)6-9;;/h5-8,17H,3-4H2,1-2H3;1H;1H2/t8-;;/m0../s1. The maximum absolute atomic E-state index is 13.4. The molecule has 1 aliphatic rings. The second-order valence-electron chi connectivity index (χ2n) is 4.92. The molecule has 3 nitrogen and oxygen atoms in total. The van der Waals surface area contributed by atoms with Crippen LogP contribution in [0.15, 0.2) is 18.2 Å². The lowest BCUT2D eigenvalue weighted by Crippen LogP contribution is -2.27. The van der Waals surface area contributed by atoms with Crippen LogP contribution in [0.5, 0.6) is 0 Å². The lowest BCUT2D eigenvalue weighted by Gasteiger charge is -2.19. The minimum atomic E-state index is -0.563. The first-order chi connectivity index (χ1) is 9.06. The van der Waals surface area contributed by atoms with Gasteiger partial charge in [-0.2, -0.15) is 18.6 Å². The Bertz CT molecular complexity index is 625. The molecule has 2 heterocycles. The van der Waals surface area contributed by atoms with Crippen molar-refractivity contribution in [3.8, 4) is 11.3 Å². The molecule has 1 N–H and O–H groups in total. The van der Waals surface area contributed by atoms with Crippen LogP contribution < -0.4 is 5.32 Å². The number of benzene rings is 1. The molecule has 1 aliphatic heterocycles. The van der Waals surface area contributed by atoms with Crippen molar-refractivity contribution in [3.05, 3.63) is 41.1 Å². The Hall–Kier alpha value is -1.11. The topological polar surface area (TPSA) is 29.9 Å². The Morgan fingerprint density at radius 1 is 1.24 bits per heavy atom. The quantitative estimate of drug-likeness (QED) is 0.869. The van der Waals surface area contributed by atoms with Crippen LogP contribution in [0.1, 0.15) is 24.2 Å². The van der Waals surface area contributed by atoms with E-state index in [0.717, 1.165) is 36.0 Å². The summed E-state index contributed by atoms with van der Waals surface area (Å²) in [5, 5.41) is 7.81. The van der Waals surface area contributed by atoms with Crippen molar-refractivity contribution >= 4 is 25.9 Å². The summed E-state index contributed by atoms with van der Waals surface area (Å²) in [5.41, 5.74) is 3.40. The molecule has 1 aromatic carbocycles. The molecule has 0 radical (unpaired) electrons. The van der Waals surface area contributed by atoms with Crippen LogP contribution in [-0.4, -0.2) is 16.3 Å². The smallest absolute Gasteiger partial charge is 0.126 e. The Kier molecular flexibility index (Phi) is 5.78. The molecule has 21 heavy (non-hydrogen) atoms. The minimum Gasteiger partial charge on any atom is -0.308 e. The lowest BCUT2D eigenvalue weighted by molar-refractivity contribution is 0.525. The molecule has 0 aliphatic carbocycles. The lowest BCUT2D eigenvalue weighted by atomic mass is 9.97. The molecule has 0 saturated heterocycles. The normalized spacial score (nSPS) is 16.7. The van der Waals surface area contributed by atoms with Crippen molar-refractivity contribution < 1.29 is 8.78 Å². The van der Waals surface area contributed by atoms with Crippen molar-refractivity contribution in [1.82, 2.24) is 15.1 Å². The predicted molar refractivity (Wildman–Crippen MR) is 86.3 cm³/mol. The number of fused-ring (bicyclic) bond motifs is 1. The second-order valence-corrected chi connectivity index (χ2v) is 4.92. The summed E-state index contributed by atoms with van der Waals surface area (Å²) in [4.78, 5) is 0. The van der Waals surface area contributed by atoms with Gasteiger partial charge in [-0.25, -0.2) is 8.78 Å². The first kappa shape index (κ1) is 17.9. The number of aromatic nitrogens is 2. The summed E-state index contributed by atoms with van der Waals surface area (Å²) in [6.45, 7) is 2.89. The molecule has 0 spiro atoms. The van der Waals surface area contributed by atoms with Crippen molar-refractivity contribution in [2.75, 3.05) is 6.54 Å². The summed E-state index contributed by atoms with van der Waals surface area (Å²) in [6.07, 6.45) is 0.820. The molecule has 0 unspecified atom stereocenters. The van der Waals surface area contributed by atoms with Gasteiger partial charge in [-0.1, -0.05) is 0 Å². The van der Waals surface area contributed by atoms with Gasteiger partial charge in [0.15, 0.2) is 0 Å². The highest BCUT2D eigenvalue weighted by Gasteiger charge is 2.25. The Morgan fingerprint density at radius 2 is 1.86 bits per heavy atom. The van der Waals surface area contributed by atoms with E-state index >= 15 is 0 Å². The predicted octanol–water partition coefficient (Wildman–Crippen LogP) is 3.11. The zero-order chi connectivity index (χ0) is 13.6. The molecule has 0 saturated carbocycles. The molecule has 0 amide bonds. The average Bonchev–Trinajstić information content (AvgIpc) is 2.65. The van der Waals surface area contributed by atoms with E-state index in [2.05, 4.69) is 10.4 Å². The van der Waals surface area contributed by atoms with Crippen molar-refractivity contribution in [2.24, 2.45) is 7.05 Å². The first-order valence-corrected chi connectivity index (χ1v) is 6.32. The number of aryl methyl sites for hydroxylation is 1. The first-order valence-electron chi connectivity index (χ1n) is 6.32. The summed E-state index contributed by atoms with van der Waals surface area (Å²) in [5.74, 6) is -1.13. The Labute approximate surface area is 135 Å². The van der Waals surface area contributed by atoms with Gasteiger partial charge in [0.1, 0.15) is 11.6 Å². The third-order valence-electron chi connectivity index (χ3n) is 3.55. The van der Waals surface area contributed by atoms with Crippen LogP contribution in [0.3, 0.4) is 0 Å². The molecule has 116 valence electrons. The van der Waals surface area contributed by atoms with Crippen molar-refractivity contribution in [1.29, 1.82) is 0 Å². The van der Waals surface area contributed by atoms with Gasteiger partial charge in [-0.3, -0.25) is 4.68 Å². The van der Waals surface area contributed by atoms with E-state index in [9.17, 15) is 8.78 Å². The number of hydrogen-bond donors (Lipinski definition) is 1. The van der Waals surface area contributed by atoms with Gasteiger partial charge >= 0.3 is 0 Å². The van der Waals surface area contributed by atoms with E-state index < -0.39 is 11.6 Å². The van der Waals surface area contributed by atoms with E-state index in [4.69, 9.17) is 0 Å². The number of nitrogens with zero attached hydrogens (tertiary/aromatic N) is 2. The summed E-state index contributed by atoms with van der Waals surface area (Å²) < 4.78 is 28.5. The highest BCUT2D eigenvalue weighted by atomic mass is 35.5. The highest BCUT2D eigenvalue weighted by Crippen LogP contribution is 2.32. The zero-order valence-corrected chi connectivity index (χ0v) is 13.6. The third kappa shape index (κ3) is 3.22. The van der Waals surface area contributed by atoms with Crippen LogP contribution in [0.4, 0.5) is 8.78 Å². The molecule has 0 fully saturated rings. The monoisotopic (exact) mass is 333 g/mol. The molecule has 1 aromatic heterocycles. The Balaban J connectivity index is 0.00000110. The maximum Gasteiger partial charge on any atom is 0.126 e. The number of halogens is 3. The summed E-state index contributed by atoms with van der Waals surface area (Å²) in [6, 6.07) is 3.76. The van der Waals surface area contributed by atoms with Gasteiger partial charge in [-0.15, -0.1) is 12.4 Å².